The maximum atomic E-state index is 13.1. The molecule has 0 aliphatic rings. The van der Waals surface area contributed by atoms with E-state index < -0.39 is 0 Å². The Hall–Kier alpha value is -2.60. The number of amides is 1. The number of nitrogens with zero attached hydrogens (tertiary/aromatic N) is 1. The van der Waals surface area contributed by atoms with Gasteiger partial charge in [0.05, 0.1) is 0 Å². The van der Waals surface area contributed by atoms with E-state index in [2.05, 4.69) is 10.5 Å². The molecule has 0 aliphatic carbocycles. The molecule has 1 amide bonds. The topological polar surface area (TPSA) is 55.1 Å². The summed E-state index contributed by atoms with van der Waals surface area (Å²) < 4.78 is 18.3. The number of aromatic nitrogens is 1. The van der Waals surface area contributed by atoms with Gasteiger partial charge in [-0.05, 0) is 55.6 Å². The Labute approximate surface area is 143 Å². The van der Waals surface area contributed by atoms with Crippen LogP contribution in [0.1, 0.15) is 16.1 Å². The predicted molar refractivity (Wildman–Crippen MR) is 92.8 cm³/mol. The van der Waals surface area contributed by atoms with Crippen molar-refractivity contribution in [2.75, 3.05) is 11.6 Å². The second-order valence-corrected chi connectivity index (χ2v) is 6.03. The third kappa shape index (κ3) is 3.33. The average Bonchev–Trinajstić information content (AvgIpc) is 2.97. The zero-order valence-corrected chi connectivity index (χ0v) is 14.0. The minimum atomic E-state index is -0.348. The van der Waals surface area contributed by atoms with Crippen molar-refractivity contribution in [3.05, 3.63) is 65.7 Å². The lowest BCUT2D eigenvalue weighted by Crippen LogP contribution is -2.13. The maximum Gasteiger partial charge on any atom is 0.261 e. The van der Waals surface area contributed by atoms with E-state index in [1.165, 1.54) is 12.1 Å². The highest BCUT2D eigenvalue weighted by atomic mass is 32.2. The molecule has 24 heavy (non-hydrogen) atoms. The van der Waals surface area contributed by atoms with Crippen LogP contribution >= 0.6 is 11.8 Å². The van der Waals surface area contributed by atoms with Crippen LogP contribution in [-0.4, -0.2) is 17.3 Å². The van der Waals surface area contributed by atoms with Crippen LogP contribution in [0.25, 0.3) is 11.3 Å². The number of hydrogen-bond donors (Lipinski definition) is 1. The Morgan fingerprint density at radius 1 is 1.21 bits per heavy atom. The lowest BCUT2D eigenvalue weighted by Gasteiger charge is -2.07. The Morgan fingerprint density at radius 2 is 1.96 bits per heavy atom. The molecule has 0 saturated heterocycles. The predicted octanol–water partition coefficient (Wildman–Crippen LogP) is 4.76. The molecule has 0 saturated carbocycles. The van der Waals surface area contributed by atoms with Gasteiger partial charge in [-0.15, -0.1) is 11.8 Å². The van der Waals surface area contributed by atoms with E-state index in [-0.39, 0.29) is 11.7 Å². The van der Waals surface area contributed by atoms with Crippen LogP contribution < -0.4 is 5.32 Å². The van der Waals surface area contributed by atoms with Crippen molar-refractivity contribution < 1.29 is 13.7 Å². The normalized spacial score (nSPS) is 10.6. The van der Waals surface area contributed by atoms with E-state index in [9.17, 15) is 9.18 Å². The van der Waals surface area contributed by atoms with Gasteiger partial charge in [0, 0.05) is 16.1 Å². The summed E-state index contributed by atoms with van der Waals surface area (Å²) >= 11 is 1.59. The van der Waals surface area contributed by atoms with E-state index in [0.717, 1.165) is 4.90 Å². The Bertz CT molecular complexity index is 875. The summed E-state index contributed by atoms with van der Waals surface area (Å²) in [6, 6.07) is 13.3. The first-order chi connectivity index (χ1) is 11.6. The summed E-state index contributed by atoms with van der Waals surface area (Å²) in [6.45, 7) is 1.67. The zero-order valence-electron chi connectivity index (χ0n) is 13.2. The van der Waals surface area contributed by atoms with Crippen LogP contribution in [0.4, 0.5) is 10.1 Å². The van der Waals surface area contributed by atoms with Crippen molar-refractivity contribution in [1.82, 2.24) is 5.16 Å². The van der Waals surface area contributed by atoms with E-state index in [1.807, 2.05) is 30.5 Å². The molecule has 0 aliphatic heterocycles. The first-order valence-electron chi connectivity index (χ1n) is 7.26. The largest absolute Gasteiger partial charge is 0.360 e. The van der Waals surface area contributed by atoms with Gasteiger partial charge in [-0.25, -0.2) is 4.39 Å². The summed E-state index contributed by atoms with van der Waals surface area (Å²) in [4.78, 5) is 13.7. The molecule has 0 unspecified atom stereocenters. The second-order valence-electron chi connectivity index (χ2n) is 5.16. The van der Waals surface area contributed by atoms with Gasteiger partial charge < -0.3 is 9.84 Å². The van der Waals surface area contributed by atoms with Gasteiger partial charge in [0.2, 0.25) is 0 Å². The van der Waals surface area contributed by atoms with Crippen LogP contribution in [0.3, 0.4) is 0 Å². The van der Waals surface area contributed by atoms with E-state index in [1.54, 1.807) is 30.8 Å². The monoisotopic (exact) mass is 342 g/mol. The van der Waals surface area contributed by atoms with Gasteiger partial charge in [0.15, 0.2) is 0 Å². The molecule has 6 heteroatoms. The number of hydrogen-bond acceptors (Lipinski definition) is 4. The number of carbonyl (C=O) groups is 1. The molecule has 0 spiro atoms. The molecule has 0 fully saturated rings. The highest BCUT2D eigenvalue weighted by Crippen LogP contribution is 2.27. The van der Waals surface area contributed by atoms with Crippen molar-refractivity contribution in [3.63, 3.8) is 0 Å². The number of rotatable bonds is 4. The number of thioether (sulfide) groups is 1. The lowest BCUT2D eigenvalue weighted by molar-refractivity contribution is 0.102. The van der Waals surface area contributed by atoms with E-state index in [0.29, 0.717) is 28.3 Å². The molecular formula is C18H15FN2O2S. The molecule has 0 radical (unpaired) electrons. The molecule has 3 aromatic rings. The average molecular weight is 342 g/mol. The molecule has 1 aromatic heterocycles. The third-order valence-electron chi connectivity index (χ3n) is 3.54. The van der Waals surface area contributed by atoms with Crippen molar-refractivity contribution in [2.24, 2.45) is 0 Å². The number of aryl methyl sites for hydroxylation is 1. The maximum absolute atomic E-state index is 13.1. The van der Waals surface area contributed by atoms with Crippen LogP contribution in [0, 0.1) is 12.7 Å². The van der Waals surface area contributed by atoms with Crippen molar-refractivity contribution in [3.8, 4) is 11.3 Å². The van der Waals surface area contributed by atoms with Crippen LogP contribution in [0.5, 0.6) is 0 Å². The fourth-order valence-corrected chi connectivity index (χ4v) is 2.80. The van der Waals surface area contributed by atoms with Gasteiger partial charge in [-0.1, -0.05) is 11.2 Å². The van der Waals surface area contributed by atoms with Gasteiger partial charge >= 0.3 is 0 Å². The smallest absolute Gasteiger partial charge is 0.261 e. The minimum absolute atomic E-state index is 0.314. The van der Waals surface area contributed by atoms with Gasteiger partial charge in [0.1, 0.15) is 22.8 Å². The van der Waals surface area contributed by atoms with Crippen molar-refractivity contribution in [1.29, 1.82) is 0 Å². The van der Waals surface area contributed by atoms with E-state index in [4.69, 9.17) is 4.52 Å². The first kappa shape index (κ1) is 16.3. The van der Waals surface area contributed by atoms with Gasteiger partial charge in [0.25, 0.3) is 5.91 Å². The lowest BCUT2D eigenvalue weighted by atomic mass is 10.1. The van der Waals surface area contributed by atoms with Crippen molar-refractivity contribution >= 4 is 23.4 Å². The standard InChI is InChI=1S/C18H15FN2O2S/c1-11-16(17(21-23-11)12-6-8-13(19)9-7-12)18(22)20-14-4-3-5-15(10-14)24-2/h3-10H,1-2H3,(H,20,22). The number of anilines is 1. The summed E-state index contributed by atoms with van der Waals surface area (Å²) in [5, 5.41) is 6.80. The molecule has 1 heterocycles. The molecule has 0 bridgehead atoms. The SMILES string of the molecule is CSc1cccc(NC(=O)c2c(-c3ccc(F)cc3)noc2C)c1. The van der Waals surface area contributed by atoms with Crippen LogP contribution in [0.15, 0.2) is 57.9 Å². The van der Waals surface area contributed by atoms with Crippen LogP contribution in [-0.2, 0) is 0 Å². The summed E-state index contributed by atoms with van der Waals surface area (Å²) in [5.74, 6) is -0.252. The number of nitrogens with one attached hydrogen (secondary N) is 1. The summed E-state index contributed by atoms with van der Waals surface area (Å²) in [5.41, 5.74) is 2.05. The fourth-order valence-electron chi connectivity index (χ4n) is 2.34. The van der Waals surface area contributed by atoms with Gasteiger partial charge in [-0.3, -0.25) is 4.79 Å². The molecule has 4 nitrogen and oxygen atoms in total. The highest BCUT2D eigenvalue weighted by Gasteiger charge is 2.21. The molecule has 122 valence electrons. The number of benzene rings is 2. The Kier molecular flexibility index (Phi) is 4.66. The second kappa shape index (κ2) is 6.88. The summed E-state index contributed by atoms with van der Waals surface area (Å²) in [6.07, 6.45) is 1.97. The number of carbonyl (C=O) groups excluding carboxylic acids is 1. The van der Waals surface area contributed by atoms with Crippen LogP contribution in [0.2, 0.25) is 0 Å². The highest BCUT2D eigenvalue weighted by molar-refractivity contribution is 7.98. The zero-order chi connectivity index (χ0) is 17.1. The summed E-state index contributed by atoms with van der Waals surface area (Å²) in [7, 11) is 0. The molecular weight excluding hydrogens is 327 g/mol. The molecule has 3 rings (SSSR count). The van der Waals surface area contributed by atoms with E-state index >= 15 is 0 Å². The van der Waals surface area contributed by atoms with Crippen molar-refractivity contribution in [2.45, 2.75) is 11.8 Å². The molecule has 2 aromatic carbocycles. The Balaban J connectivity index is 1.92. The number of halogens is 1. The third-order valence-corrected chi connectivity index (χ3v) is 4.26. The molecule has 1 N–H and O–H groups in total. The fraction of sp³-hybridized carbons (Fsp3) is 0.111. The first-order valence-corrected chi connectivity index (χ1v) is 8.48. The molecule has 0 atom stereocenters. The quantitative estimate of drug-likeness (QED) is 0.694. The Morgan fingerprint density at radius 3 is 2.67 bits per heavy atom. The minimum Gasteiger partial charge on any atom is -0.360 e. The van der Waals surface area contributed by atoms with Gasteiger partial charge in [-0.2, -0.15) is 0 Å².